The van der Waals surface area contributed by atoms with Crippen molar-refractivity contribution < 1.29 is 17.9 Å². The molecule has 5 rings (SSSR count). The quantitative estimate of drug-likeness (QED) is 0.414. The smallest absolute Gasteiger partial charge is 0.270 e. The van der Waals surface area contributed by atoms with Gasteiger partial charge < -0.3 is 19.2 Å². The Bertz CT molecular complexity index is 1580. The number of carbonyl (C=O) groups is 1. The van der Waals surface area contributed by atoms with E-state index in [4.69, 9.17) is 4.74 Å². The minimum atomic E-state index is -3.66. The third kappa shape index (κ3) is 4.62. The van der Waals surface area contributed by atoms with Gasteiger partial charge in [-0.3, -0.25) is 4.79 Å². The van der Waals surface area contributed by atoms with Gasteiger partial charge >= 0.3 is 0 Å². The number of aromatic nitrogens is 3. The molecule has 0 bridgehead atoms. The van der Waals surface area contributed by atoms with Gasteiger partial charge in [-0.25, -0.2) is 13.4 Å². The second-order valence-corrected chi connectivity index (χ2v) is 11.2. The first-order chi connectivity index (χ1) is 17.7. The van der Waals surface area contributed by atoms with E-state index < -0.39 is 10.0 Å². The summed E-state index contributed by atoms with van der Waals surface area (Å²) in [5.41, 5.74) is 5.16. The topological polar surface area (TPSA) is 101 Å². The molecule has 0 aliphatic carbocycles. The molecule has 10 heteroatoms. The minimum absolute atomic E-state index is 0.125. The van der Waals surface area contributed by atoms with Crippen molar-refractivity contribution >= 4 is 27.0 Å². The molecular formula is C27H31N5O4S. The summed E-state index contributed by atoms with van der Waals surface area (Å²) < 4.78 is 34.9. The lowest BCUT2D eigenvalue weighted by Crippen LogP contribution is -2.33. The lowest BCUT2D eigenvalue weighted by molar-refractivity contribution is 0.0723. The first kappa shape index (κ1) is 25.0. The van der Waals surface area contributed by atoms with Gasteiger partial charge in [-0.1, -0.05) is 26.0 Å². The average Bonchev–Trinajstić information content (AvgIpc) is 3.37. The van der Waals surface area contributed by atoms with Crippen molar-refractivity contribution in [3.05, 3.63) is 65.7 Å². The van der Waals surface area contributed by atoms with Crippen molar-refractivity contribution in [3.63, 3.8) is 0 Å². The summed E-state index contributed by atoms with van der Waals surface area (Å²) in [4.78, 5) is 23.1. The highest BCUT2D eigenvalue weighted by Crippen LogP contribution is 2.31. The van der Waals surface area contributed by atoms with E-state index in [0.717, 1.165) is 39.3 Å². The average molecular weight is 522 g/mol. The van der Waals surface area contributed by atoms with Crippen LogP contribution in [0.25, 0.3) is 22.2 Å². The molecule has 194 valence electrons. The lowest BCUT2D eigenvalue weighted by atomic mass is 10.0. The number of amides is 1. The van der Waals surface area contributed by atoms with Gasteiger partial charge in [0, 0.05) is 38.4 Å². The number of nitrogens with zero attached hydrogens (tertiary/aromatic N) is 4. The van der Waals surface area contributed by atoms with Crippen LogP contribution in [0.15, 0.2) is 53.6 Å². The molecule has 1 aliphatic rings. The van der Waals surface area contributed by atoms with Crippen molar-refractivity contribution in [1.82, 2.24) is 23.7 Å². The third-order valence-electron chi connectivity index (χ3n) is 6.80. The molecule has 0 saturated heterocycles. The normalized spacial score (nSPS) is 14.0. The van der Waals surface area contributed by atoms with E-state index in [9.17, 15) is 13.2 Å². The Morgan fingerprint density at radius 2 is 1.84 bits per heavy atom. The van der Waals surface area contributed by atoms with Gasteiger partial charge in [0.1, 0.15) is 28.8 Å². The van der Waals surface area contributed by atoms with E-state index in [2.05, 4.69) is 16.0 Å². The van der Waals surface area contributed by atoms with Crippen molar-refractivity contribution in [2.75, 3.05) is 26.2 Å². The maximum absolute atomic E-state index is 13.6. The molecule has 0 saturated carbocycles. The Morgan fingerprint density at radius 1 is 1.11 bits per heavy atom. The van der Waals surface area contributed by atoms with Crippen LogP contribution in [0.5, 0.6) is 5.75 Å². The van der Waals surface area contributed by atoms with E-state index in [0.29, 0.717) is 38.5 Å². The summed E-state index contributed by atoms with van der Waals surface area (Å²) >= 11 is 0. The molecule has 0 radical (unpaired) electrons. The molecule has 1 amide bonds. The van der Waals surface area contributed by atoms with E-state index >= 15 is 0 Å². The molecule has 9 nitrogen and oxygen atoms in total. The zero-order chi connectivity index (χ0) is 26.3. The van der Waals surface area contributed by atoms with Crippen molar-refractivity contribution in [3.8, 4) is 16.9 Å². The zero-order valence-electron chi connectivity index (χ0n) is 21.5. The number of aromatic amines is 1. The van der Waals surface area contributed by atoms with Gasteiger partial charge in [0.2, 0.25) is 10.0 Å². The predicted octanol–water partition coefficient (Wildman–Crippen LogP) is 3.94. The summed E-state index contributed by atoms with van der Waals surface area (Å²) in [6, 6.07) is 13.6. The van der Waals surface area contributed by atoms with Crippen LogP contribution in [-0.2, 0) is 23.6 Å². The largest absolute Gasteiger partial charge is 0.491 e. The van der Waals surface area contributed by atoms with Gasteiger partial charge in [0.05, 0.1) is 17.6 Å². The van der Waals surface area contributed by atoms with Crippen LogP contribution in [0, 0.1) is 6.92 Å². The Morgan fingerprint density at radius 3 is 2.59 bits per heavy atom. The standard InChI is InChI=1S/C27H31N5O4S/c1-5-32(6-2)37(34,35)22-15-25(30(4)17-22)27(33)31-11-12-36-26-10-8-19(13-21(26)16-31)20-7-9-23-24(14-20)29-18(3)28-23/h7-10,13-15,17H,5-6,11-12,16H2,1-4H3,(H,28,29). The number of sulfonamides is 1. The molecular weight excluding hydrogens is 490 g/mol. The molecule has 37 heavy (non-hydrogen) atoms. The maximum Gasteiger partial charge on any atom is 0.270 e. The van der Waals surface area contributed by atoms with Gasteiger partial charge in [-0.15, -0.1) is 0 Å². The predicted molar refractivity (Wildman–Crippen MR) is 142 cm³/mol. The number of hydrogen-bond donors (Lipinski definition) is 1. The van der Waals surface area contributed by atoms with Crippen LogP contribution < -0.4 is 4.74 Å². The maximum atomic E-state index is 13.6. The van der Waals surface area contributed by atoms with Gasteiger partial charge in [-0.05, 0) is 48.4 Å². The highest BCUT2D eigenvalue weighted by atomic mass is 32.2. The lowest BCUT2D eigenvalue weighted by Gasteiger charge is -2.20. The number of rotatable bonds is 6. The number of H-pyrrole nitrogens is 1. The Hall–Kier alpha value is -3.63. The van der Waals surface area contributed by atoms with Crippen LogP contribution in [-0.4, -0.2) is 64.3 Å². The summed E-state index contributed by atoms with van der Waals surface area (Å²) in [6.45, 7) is 7.37. The minimum Gasteiger partial charge on any atom is -0.491 e. The van der Waals surface area contributed by atoms with E-state index in [-0.39, 0.29) is 10.8 Å². The number of imidazole rings is 1. The number of carbonyl (C=O) groups excluding carboxylic acids is 1. The molecule has 4 aromatic rings. The summed E-state index contributed by atoms with van der Waals surface area (Å²) in [7, 11) is -1.97. The number of aryl methyl sites for hydroxylation is 2. The Labute approximate surface area is 216 Å². The number of nitrogens with one attached hydrogen (secondary N) is 1. The number of fused-ring (bicyclic) bond motifs is 2. The van der Waals surface area contributed by atoms with E-state index in [1.54, 1.807) is 30.4 Å². The zero-order valence-corrected chi connectivity index (χ0v) is 22.3. The third-order valence-corrected chi connectivity index (χ3v) is 8.82. The van der Waals surface area contributed by atoms with Gasteiger partial charge in [0.15, 0.2) is 0 Å². The fraction of sp³-hybridized carbons (Fsp3) is 0.333. The molecule has 3 heterocycles. The Kier molecular flexibility index (Phi) is 6.55. The highest BCUT2D eigenvalue weighted by molar-refractivity contribution is 7.89. The molecule has 2 aromatic carbocycles. The van der Waals surface area contributed by atoms with Crippen molar-refractivity contribution in [2.45, 2.75) is 32.2 Å². The highest BCUT2D eigenvalue weighted by Gasteiger charge is 2.28. The Balaban J connectivity index is 1.43. The SMILES string of the molecule is CCN(CC)S(=O)(=O)c1cc(C(=O)N2CCOc3ccc(-c4ccc5nc(C)[nH]c5c4)cc3C2)n(C)c1. The van der Waals surface area contributed by atoms with Crippen LogP contribution in [0.2, 0.25) is 0 Å². The first-order valence-corrected chi connectivity index (χ1v) is 13.8. The second-order valence-electron chi connectivity index (χ2n) is 9.21. The first-order valence-electron chi connectivity index (χ1n) is 12.4. The molecule has 0 unspecified atom stereocenters. The van der Waals surface area contributed by atoms with Crippen molar-refractivity contribution in [2.24, 2.45) is 7.05 Å². The fourth-order valence-corrected chi connectivity index (χ4v) is 6.36. The monoisotopic (exact) mass is 521 g/mol. The van der Waals surface area contributed by atoms with Crippen LogP contribution >= 0.6 is 0 Å². The fourth-order valence-electron chi connectivity index (χ4n) is 4.83. The van der Waals surface area contributed by atoms with Gasteiger partial charge in [-0.2, -0.15) is 4.31 Å². The van der Waals surface area contributed by atoms with Crippen molar-refractivity contribution in [1.29, 1.82) is 0 Å². The number of benzene rings is 2. The summed E-state index contributed by atoms with van der Waals surface area (Å²) in [5.74, 6) is 1.37. The second kappa shape index (κ2) is 9.68. The van der Waals surface area contributed by atoms with Crippen LogP contribution in [0.1, 0.15) is 35.7 Å². The molecule has 1 aliphatic heterocycles. The molecule has 0 fully saturated rings. The molecule has 2 aromatic heterocycles. The number of ether oxygens (including phenoxy) is 1. The van der Waals surface area contributed by atoms with Crippen LogP contribution in [0.4, 0.5) is 0 Å². The molecule has 0 atom stereocenters. The van der Waals surface area contributed by atoms with E-state index in [1.807, 2.05) is 37.3 Å². The number of hydrogen-bond acceptors (Lipinski definition) is 5. The molecule has 0 spiro atoms. The van der Waals surface area contributed by atoms with E-state index in [1.165, 1.54) is 16.6 Å². The summed E-state index contributed by atoms with van der Waals surface area (Å²) in [6.07, 6.45) is 1.51. The van der Waals surface area contributed by atoms with Crippen LogP contribution in [0.3, 0.4) is 0 Å². The summed E-state index contributed by atoms with van der Waals surface area (Å²) in [5, 5.41) is 0. The van der Waals surface area contributed by atoms with Gasteiger partial charge in [0.25, 0.3) is 5.91 Å². The molecule has 1 N–H and O–H groups in total.